The van der Waals surface area contributed by atoms with Gasteiger partial charge < -0.3 is 4.74 Å². The van der Waals surface area contributed by atoms with E-state index in [-0.39, 0.29) is 30.1 Å². The van der Waals surface area contributed by atoms with Gasteiger partial charge >= 0.3 is 5.97 Å². The van der Waals surface area contributed by atoms with Crippen molar-refractivity contribution in [3.63, 3.8) is 0 Å². The second kappa shape index (κ2) is 7.04. The minimum Gasteiger partial charge on any atom is -0.466 e. The summed E-state index contributed by atoms with van der Waals surface area (Å²) in [6.07, 6.45) is -0.231. The molecule has 1 N–H and O–H groups in total. The fourth-order valence-electron chi connectivity index (χ4n) is 1.55. The summed E-state index contributed by atoms with van der Waals surface area (Å²) in [5.41, 5.74) is 0.496. The van der Waals surface area contributed by atoms with Gasteiger partial charge in [0.25, 0.3) is 0 Å². The molecule has 0 aliphatic heterocycles. The van der Waals surface area contributed by atoms with Crippen molar-refractivity contribution >= 4 is 27.5 Å². The second-order valence-corrected chi connectivity index (χ2v) is 5.92. The number of benzene rings is 1. The van der Waals surface area contributed by atoms with Crippen LogP contribution in [0, 0.1) is 0 Å². The van der Waals surface area contributed by atoms with Crippen LogP contribution in [0.15, 0.2) is 24.3 Å². The minimum atomic E-state index is -3.71. The normalized spacial score (nSPS) is 10.9. The number of hydrogen-bond acceptors (Lipinski definition) is 5. The van der Waals surface area contributed by atoms with Crippen LogP contribution in [0.2, 0.25) is 0 Å². The zero-order chi connectivity index (χ0) is 15.2. The molecule has 6 nitrogen and oxygen atoms in total. The van der Waals surface area contributed by atoms with Crippen molar-refractivity contribution in [3.05, 3.63) is 29.8 Å². The number of esters is 1. The fourth-order valence-corrected chi connectivity index (χ4v) is 2.60. The van der Waals surface area contributed by atoms with Gasteiger partial charge in [-0.3, -0.25) is 14.3 Å². The van der Waals surface area contributed by atoms with Crippen LogP contribution in [0.4, 0.5) is 5.69 Å². The van der Waals surface area contributed by atoms with Gasteiger partial charge in [0.05, 0.1) is 24.5 Å². The maximum atomic E-state index is 11.9. The Morgan fingerprint density at radius 3 is 2.50 bits per heavy atom. The van der Waals surface area contributed by atoms with Gasteiger partial charge in [-0.15, -0.1) is 0 Å². The van der Waals surface area contributed by atoms with Crippen molar-refractivity contribution in [2.75, 3.05) is 17.1 Å². The number of Topliss-reactive ketones (excluding diaryl/α,β-unsaturated/α-hetero) is 1. The summed E-state index contributed by atoms with van der Waals surface area (Å²) in [5, 5.41) is 0. The number of hydrogen-bond donors (Lipinski definition) is 1. The lowest BCUT2D eigenvalue weighted by molar-refractivity contribution is -0.142. The van der Waals surface area contributed by atoms with E-state index in [0.717, 1.165) is 0 Å². The molecule has 0 atom stereocenters. The maximum Gasteiger partial charge on any atom is 0.306 e. The Morgan fingerprint density at radius 1 is 1.25 bits per heavy atom. The van der Waals surface area contributed by atoms with Crippen molar-refractivity contribution < 1.29 is 22.7 Å². The molecule has 20 heavy (non-hydrogen) atoms. The van der Waals surface area contributed by atoms with E-state index in [4.69, 9.17) is 0 Å². The zero-order valence-electron chi connectivity index (χ0n) is 11.4. The molecule has 0 radical (unpaired) electrons. The van der Waals surface area contributed by atoms with Crippen LogP contribution in [0.1, 0.15) is 30.6 Å². The number of ether oxygens (including phenoxy) is 1. The molecule has 0 aliphatic carbocycles. The highest BCUT2D eigenvalue weighted by atomic mass is 32.2. The summed E-state index contributed by atoms with van der Waals surface area (Å²) in [6, 6.07) is 6.30. The summed E-state index contributed by atoms with van der Waals surface area (Å²) in [7, 11) is -3.71. The summed E-state index contributed by atoms with van der Waals surface area (Å²) < 4.78 is 30.7. The Balaban J connectivity index is 2.77. The number of rotatable bonds is 7. The predicted octanol–water partition coefficient (Wildman–Crippen LogP) is 1.58. The van der Waals surface area contributed by atoms with Crippen LogP contribution in [-0.2, 0) is 19.6 Å². The molecule has 0 spiro atoms. The first kappa shape index (κ1) is 16.2. The minimum absolute atomic E-state index is 0.208. The standard InChI is InChI=1S/C13H17NO5S/c1-3-19-13(16)8-9-20(17,18)14-12-7-5-4-6-11(12)10(2)15/h4-7,14H,3,8-9H2,1-2H3. The van der Waals surface area contributed by atoms with Crippen LogP contribution < -0.4 is 4.72 Å². The highest BCUT2D eigenvalue weighted by Gasteiger charge is 2.16. The van der Waals surface area contributed by atoms with E-state index >= 15 is 0 Å². The molecule has 0 aliphatic rings. The quantitative estimate of drug-likeness (QED) is 0.610. The summed E-state index contributed by atoms with van der Waals surface area (Å²) >= 11 is 0. The first-order valence-electron chi connectivity index (χ1n) is 6.12. The Hall–Kier alpha value is -1.89. The Morgan fingerprint density at radius 2 is 1.90 bits per heavy atom. The van der Waals surface area contributed by atoms with Crippen LogP contribution >= 0.6 is 0 Å². The van der Waals surface area contributed by atoms with E-state index in [1.165, 1.54) is 19.1 Å². The average molecular weight is 299 g/mol. The molecule has 0 heterocycles. The van der Waals surface area contributed by atoms with Crippen molar-refractivity contribution in [1.29, 1.82) is 0 Å². The van der Waals surface area contributed by atoms with E-state index in [0.29, 0.717) is 0 Å². The smallest absolute Gasteiger partial charge is 0.306 e. The molecule has 0 amide bonds. The lowest BCUT2D eigenvalue weighted by Gasteiger charge is -2.10. The van der Waals surface area contributed by atoms with Gasteiger partial charge in [0, 0.05) is 5.56 Å². The van der Waals surface area contributed by atoms with Crippen LogP contribution in [0.5, 0.6) is 0 Å². The second-order valence-electron chi connectivity index (χ2n) is 4.08. The number of carbonyl (C=O) groups excluding carboxylic acids is 2. The van der Waals surface area contributed by atoms with Crippen molar-refractivity contribution in [2.24, 2.45) is 0 Å². The van der Waals surface area contributed by atoms with Gasteiger partial charge in [0.2, 0.25) is 10.0 Å². The zero-order valence-corrected chi connectivity index (χ0v) is 12.2. The van der Waals surface area contributed by atoms with E-state index in [1.807, 2.05) is 0 Å². The van der Waals surface area contributed by atoms with Gasteiger partial charge in [-0.2, -0.15) is 0 Å². The van der Waals surface area contributed by atoms with Crippen molar-refractivity contribution in [2.45, 2.75) is 20.3 Å². The first-order chi connectivity index (χ1) is 9.35. The molecule has 1 aromatic rings. The summed E-state index contributed by atoms with van der Waals surface area (Å²) in [6.45, 7) is 3.21. The van der Waals surface area contributed by atoms with Crippen LogP contribution in [0.3, 0.4) is 0 Å². The van der Waals surface area contributed by atoms with Gasteiger partial charge in [0.15, 0.2) is 5.78 Å². The largest absolute Gasteiger partial charge is 0.466 e. The molecule has 0 bridgehead atoms. The highest BCUT2D eigenvalue weighted by molar-refractivity contribution is 7.92. The Kier molecular flexibility index (Phi) is 5.69. The number of sulfonamides is 1. The SMILES string of the molecule is CCOC(=O)CCS(=O)(=O)Nc1ccccc1C(C)=O. The van der Waals surface area contributed by atoms with E-state index in [2.05, 4.69) is 9.46 Å². The molecular weight excluding hydrogens is 282 g/mol. The average Bonchev–Trinajstić information content (AvgIpc) is 2.37. The van der Waals surface area contributed by atoms with E-state index < -0.39 is 21.7 Å². The lowest BCUT2D eigenvalue weighted by atomic mass is 10.1. The number of para-hydroxylation sites is 1. The fraction of sp³-hybridized carbons (Fsp3) is 0.385. The molecule has 1 rings (SSSR count). The maximum absolute atomic E-state index is 11.9. The Bertz CT molecular complexity index is 595. The van der Waals surface area contributed by atoms with Gasteiger partial charge in [-0.1, -0.05) is 12.1 Å². The Labute approximate surface area is 118 Å². The molecule has 0 saturated carbocycles. The molecule has 110 valence electrons. The third-order valence-corrected chi connectivity index (χ3v) is 3.72. The summed E-state index contributed by atoms with van der Waals surface area (Å²) in [5.74, 6) is -1.20. The first-order valence-corrected chi connectivity index (χ1v) is 7.77. The highest BCUT2D eigenvalue weighted by Crippen LogP contribution is 2.17. The lowest BCUT2D eigenvalue weighted by Crippen LogP contribution is -2.21. The molecular formula is C13H17NO5S. The predicted molar refractivity (Wildman–Crippen MR) is 75.1 cm³/mol. The third-order valence-electron chi connectivity index (χ3n) is 2.45. The third kappa shape index (κ3) is 5.00. The van der Waals surface area contributed by atoms with E-state index in [9.17, 15) is 18.0 Å². The van der Waals surface area contributed by atoms with Crippen LogP contribution in [-0.4, -0.2) is 32.5 Å². The molecule has 0 unspecified atom stereocenters. The van der Waals surface area contributed by atoms with Gasteiger partial charge in [-0.25, -0.2) is 8.42 Å². The number of nitrogens with one attached hydrogen (secondary N) is 1. The van der Waals surface area contributed by atoms with Crippen molar-refractivity contribution in [1.82, 2.24) is 0 Å². The number of anilines is 1. The number of carbonyl (C=O) groups is 2. The molecule has 7 heteroatoms. The van der Waals surface area contributed by atoms with Crippen LogP contribution in [0.25, 0.3) is 0 Å². The summed E-state index contributed by atoms with van der Waals surface area (Å²) in [4.78, 5) is 22.5. The topological polar surface area (TPSA) is 89.5 Å². The van der Waals surface area contributed by atoms with Crippen molar-refractivity contribution in [3.8, 4) is 0 Å². The number of ketones is 1. The van der Waals surface area contributed by atoms with Gasteiger partial charge in [0.1, 0.15) is 0 Å². The molecule has 1 aromatic carbocycles. The molecule has 0 aromatic heterocycles. The molecule has 0 fully saturated rings. The molecule has 0 saturated heterocycles. The monoisotopic (exact) mass is 299 g/mol. The van der Waals surface area contributed by atoms with Gasteiger partial charge in [-0.05, 0) is 26.0 Å². The van der Waals surface area contributed by atoms with E-state index in [1.54, 1.807) is 19.1 Å².